The van der Waals surface area contributed by atoms with Crippen LogP contribution in [0.1, 0.15) is 45.1 Å². The van der Waals surface area contributed by atoms with Crippen LogP contribution in [0.3, 0.4) is 0 Å². The van der Waals surface area contributed by atoms with Gasteiger partial charge in [-0.2, -0.15) is 5.26 Å². The molecule has 1 fully saturated rings. The Hall–Kier alpha value is -3.12. The second kappa shape index (κ2) is 10.1. The van der Waals surface area contributed by atoms with E-state index >= 15 is 0 Å². The molecular formula is C21H24FN5O3. The number of nitrogens with one attached hydrogen (secondary N) is 1. The molecule has 0 unspecified atom stereocenters. The minimum absolute atomic E-state index is 0.0339. The third-order valence-electron chi connectivity index (χ3n) is 4.78. The summed E-state index contributed by atoms with van der Waals surface area (Å²) in [6, 6.07) is 3.18. The number of nitrogens with zero attached hydrogens (tertiary/aromatic N) is 4. The summed E-state index contributed by atoms with van der Waals surface area (Å²) in [4.78, 5) is 23.2. The van der Waals surface area contributed by atoms with Gasteiger partial charge in [0, 0.05) is 37.1 Å². The lowest BCUT2D eigenvalue weighted by Gasteiger charge is -2.29. The molecule has 9 heteroatoms. The third-order valence-corrected chi connectivity index (χ3v) is 4.78. The summed E-state index contributed by atoms with van der Waals surface area (Å²) in [5.41, 5.74) is 0.742. The molecule has 0 aliphatic heterocycles. The van der Waals surface area contributed by atoms with Gasteiger partial charge in [0.05, 0.1) is 18.3 Å². The highest BCUT2D eigenvalue weighted by Gasteiger charge is 2.25. The topological polar surface area (TPSA) is 110 Å². The van der Waals surface area contributed by atoms with Gasteiger partial charge in [-0.05, 0) is 38.7 Å². The first-order chi connectivity index (χ1) is 14.4. The summed E-state index contributed by atoms with van der Waals surface area (Å²) in [7, 11) is 0. The van der Waals surface area contributed by atoms with Gasteiger partial charge in [0.1, 0.15) is 12.2 Å². The first kappa shape index (κ1) is 21.6. The van der Waals surface area contributed by atoms with Gasteiger partial charge in [0.2, 0.25) is 5.91 Å². The van der Waals surface area contributed by atoms with Gasteiger partial charge in [-0.25, -0.2) is 19.3 Å². The van der Waals surface area contributed by atoms with Gasteiger partial charge < -0.3 is 14.8 Å². The monoisotopic (exact) mass is 413 g/mol. The molecule has 1 aliphatic rings. The molecule has 0 saturated heterocycles. The molecule has 1 aliphatic carbocycles. The molecule has 0 bridgehead atoms. The molecule has 2 aromatic rings. The molecule has 1 saturated carbocycles. The van der Waals surface area contributed by atoms with Crippen molar-refractivity contribution in [1.82, 2.24) is 20.3 Å². The van der Waals surface area contributed by atoms with Crippen molar-refractivity contribution in [3.05, 3.63) is 36.0 Å². The smallest absolute Gasteiger partial charge is 0.250 e. The van der Waals surface area contributed by atoms with Crippen molar-refractivity contribution >= 4 is 5.91 Å². The van der Waals surface area contributed by atoms with E-state index in [1.807, 2.05) is 13.0 Å². The Morgan fingerprint density at radius 2 is 1.90 bits per heavy atom. The molecular weight excluding hydrogens is 389 g/mol. The number of aromatic nitrogens is 3. The van der Waals surface area contributed by atoms with E-state index in [-0.39, 0.29) is 35.9 Å². The highest BCUT2D eigenvalue weighted by molar-refractivity contribution is 5.73. The number of carbonyl (C=O) groups is 1. The van der Waals surface area contributed by atoms with Crippen LogP contribution in [0.15, 0.2) is 24.7 Å². The second-order valence-electron chi connectivity index (χ2n) is 7.37. The fourth-order valence-electron chi connectivity index (χ4n) is 3.31. The van der Waals surface area contributed by atoms with E-state index in [4.69, 9.17) is 14.7 Å². The van der Waals surface area contributed by atoms with Crippen molar-refractivity contribution in [3.8, 4) is 23.3 Å². The molecule has 1 amide bonds. The van der Waals surface area contributed by atoms with Crippen LogP contribution in [0.25, 0.3) is 11.4 Å². The summed E-state index contributed by atoms with van der Waals surface area (Å²) in [5.74, 6) is -0.411. The predicted molar refractivity (Wildman–Crippen MR) is 106 cm³/mol. The van der Waals surface area contributed by atoms with E-state index in [0.717, 1.165) is 25.7 Å². The lowest BCUT2D eigenvalue weighted by atomic mass is 9.95. The van der Waals surface area contributed by atoms with Gasteiger partial charge in [0.15, 0.2) is 11.6 Å². The number of amides is 1. The zero-order valence-corrected chi connectivity index (χ0v) is 17.0. The third kappa shape index (κ3) is 5.94. The van der Waals surface area contributed by atoms with Crippen LogP contribution in [-0.2, 0) is 9.53 Å². The van der Waals surface area contributed by atoms with E-state index in [9.17, 15) is 9.18 Å². The van der Waals surface area contributed by atoms with E-state index in [1.54, 1.807) is 0 Å². The standard InChI is InChI=1S/C21H24FN5O3/c1-13(27-14(2)28)12-29-17-3-5-18(6-4-17)30-21-19(22)7-16(11-26-21)20-24-9-15(8-23)10-25-20/h7,9-11,13,17-18H,3-6,12H2,1-2H3,(H,27,28)/t13-,17?,18?/m0/s1. The van der Waals surface area contributed by atoms with Crippen molar-refractivity contribution in [2.75, 3.05) is 6.61 Å². The Morgan fingerprint density at radius 3 is 2.50 bits per heavy atom. The number of hydrogen-bond donors (Lipinski definition) is 1. The molecule has 2 heterocycles. The molecule has 3 rings (SSSR count). The SMILES string of the molecule is CC(=O)N[C@@H](C)COC1CCC(Oc2ncc(-c3ncc(C#N)cn3)cc2F)CC1. The van der Waals surface area contributed by atoms with Crippen molar-refractivity contribution in [2.45, 2.75) is 57.8 Å². The fourth-order valence-corrected chi connectivity index (χ4v) is 3.31. The maximum absolute atomic E-state index is 14.5. The van der Waals surface area contributed by atoms with E-state index < -0.39 is 5.82 Å². The maximum atomic E-state index is 14.5. The number of carbonyl (C=O) groups excluding carboxylic acids is 1. The Morgan fingerprint density at radius 1 is 1.23 bits per heavy atom. The van der Waals surface area contributed by atoms with Crippen LogP contribution < -0.4 is 10.1 Å². The maximum Gasteiger partial charge on any atom is 0.250 e. The number of rotatable bonds is 7. The molecule has 1 atom stereocenters. The summed E-state index contributed by atoms with van der Waals surface area (Å²) < 4.78 is 26.1. The molecule has 1 N–H and O–H groups in total. The Balaban J connectivity index is 1.50. The Bertz CT molecular complexity index is 908. The first-order valence-corrected chi connectivity index (χ1v) is 9.88. The van der Waals surface area contributed by atoms with Crippen LogP contribution in [-0.4, -0.2) is 45.7 Å². The normalized spacial score (nSPS) is 19.5. The molecule has 30 heavy (non-hydrogen) atoms. The molecule has 8 nitrogen and oxygen atoms in total. The lowest BCUT2D eigenvalue weighted by molar-refractivity contribution is -0.120. The molecule has 0 radical (unpaired) electrons. The minimum atomic E-state index is -0.581. The summed E-state index contributed by atoms with van der Waals surface area (Å²) in [6.45, 7) is 3.85. The number of halogens is 1. The molecule has 2 aromatic heterocycles. The van der Waals surface area contributed by atoms with Gasteiger partial charge in [-0.1, -0.05) is 0 Å². The van der Waals surface area contributed by atoms with Crippen LogP contribution >= 0.6 is 0 Å². The van der Waals surface area contributed by atoms with E-state index in [0.29, 0.717) is 17.7 Å². The average molecular weight is 413 g/mol. The summed E-state index contributed by atoms with van der Waals surface area (Å²) in [6.07, 6.45) is 7.27. The number of nitriles is 1. The molecule has 0 aromatic carbocycles. The Kier molecular flexibility index (Phi) is 7.25. The largest absolute Gasteiger partial charge is 0.472 e. The van der Waals surface area contributed by atoms with Gasteiger partial charge >= 0.3 is 0 Å². The second-order valence-corrected chi connectivity index (χ2v) is 7.37. The van der Waals surface area contributed by atoms with Crippen molar-refractivity contribution in [2.24, 2.45) is 0 Å². The minimum Gasteiger partial charge on any atom is -0.472 e. The first-order valence-electron chi connectivity index (χ1n) is 9.88. The number of ether oxygens (including phenoxy) is 2. The van der Waals surface area contributed by atoms with E-state index in [1.165, 1.54) is 31.6 Å². The van der Waals surface area contributed by atoms with Crippen molar-refractivity contribution < 1.29 is 18.7 Å². The average Bonchev–Trinajstić information content (AvgIpc) is 2.74. The molecule has 158 valence electrons. The van der Waals surface area contributed by atoms with E-state index in [2.05, 4.69) is 20.3 Å². The van der Waals surface area contributed by atoms with Crippen LogP contribution in [0.5, 0.6) is 5.88 Å². The zero-order chi connectivity index (χ0) is 21.5. The number of pyridine rings is 1. The predicted octanol–water partition coefficient (Wildman–Crippen LogP) is 2.78. The highest BCUT2D eigenvalue weighted by atomic mass is 19.1. The summed E-state index contributed by atoms with van der Waals surface area (Å²) in [5, 5.41) is 11.6. The van der Waals surface area contributed by atoms with Crippen LogP contribution in [0.4, 0.5) is 4.39 Å². The van der Waals surface area contributed by atoms with Gasteiger partial charge in [-0.15, -0.1) is 0 Å². The summed E-state index contributed by atoms with van der Waals surface area (Å²) >= 11 is 0. The van der Waals surface area contributed by atoms with Crippen molar-refractivity contribution in [1.29, 1.82) is 5.26 Å². The van der Waals surface area contributed by atoms with Crippen LogP contribution in [0.2, 0.25) is 0 Å². The zero-order valence-electron chi connectivity index (χ0n) is 17.0. The van der Waals surface area contributed by atoms with Gasteiger partial charge in [0.25, 0.3) is 5.88 Å². The van der Waals surface area contributed by atoms with Gasteiger partial charge in [-0.3, -0.25) is 4.79 Å². The quantitative estimate of drug-likeness (QED) is 0.743. The molecule has 0 spiro atoms. The lowest BCUT2D eigenvalue weighted by Crippen LogP contribution is -2.37. The fraction of sp³-hybridized carbons (Fsp3) is 0.476. The number of hydrogen-bond acceptors (Lipinski definition) is 7. The van der Waals surface area contributed by atoms with Crippen LogP contribution in [0, 0.1) is 17.1 Å². The highest BCUT2D eigenvalue weighted by Crippen LogP contribution is 2.27. The van der Waals surface area contributed by atoms with Crippen molar-refractivity contribution in [3.63, 3.8) is 0 Å². The Labute approximate surface area is 174 Å².